The second-order valence-electron chi connectivity index (χ2n) is 3.51. The zero-order valence-electron chi connectivity index (χ0n) is 7.73. The summed E-state index contributed by atoms with van der Waals surface area (Å²) in [5, 5.41) is 9.65. The van der Waals surface area contributed by atoms with Crippen LogP contribution in [-0.2, 0) is 6.42 Å². The van der Waals surface area contributed by atoms with Gasteiger partial charge in [-0.3, -0.25) is 4.79 Å². The Balaban J connectivity index is 2.45. The summed E-state index contributed by atoms with van der Waals surface area (Å²) >= 11 is 0. The number of aromatic nitrogens is 1. The molecule has 74 valence electrons. The molecule has 0 saturated heterocycles. The van der Waals surface area contributed by atoms with Gasteiger partial charge in [-0.05, 0) is 30.9 Å². The van der Waals surface area contributed by atoms with Crippen molar-refractivity contribution in [3.63, 3.8) is 0 Å². The lowest BCUT2D eigenvalue weighted by Crippen LogP contribution is -2.18. The lowest BCUT2D eigenvalue weighted by Gasteiger charge is -2.20. The molecule has 1 aromatic rings. The van der Waals surface area contributed by atoms with Crippen LogP contribution in [0, 0.1) is 0 Å². The molecule has 1 aromatic heterocycles. The largest absolute Gasteiger partial charge is 0.387 e. The summed E-state index contributed by atoms with van der Waals surface area (Å²) in [5.41, 5.74) is 6.98. The van der Waals surface area contributed by atoms with Crippen molar-refractivity contribution >= 4 is 5.91 Å². The number of nitrogens with two attached hydrogens (primary N) is 1. The molecule has 2 rings (SSSR count). The number of nitrogens with zero attached hydrogens (tertiary/aromatic N) is 1. The molecule has 1 amide bonds. The average Bonchev–Trinajstić information content (AvgIpc) is 2.18. The van der Waals surface area contributed by atoms with Gasteiger partial charge in [0.15, 0.2) is 0 Å². The minimum atomic E-state index is -0.550. The van der Waals surface area contributed by atoms with Gasteiger partial charge in [0.05, 0.1) is 11.8 Å². The molecule has 1 atom stereocenters. The van der Waals surface area contributed by atoms with Gasteiger partial charge in [0.1, 0.15) is 5.69 Å². The Morgan fingerprint density at radius 2 is 2.36 bits per heavy atom. The molecule has 1 unspecified atom stereocenters. The second kappa shape index (κ2) is 3.38. The first-order valence-corrected chi connectivity index (χ1v) is 4.66. The van der Waals surface area contributed by atoms with Gasteiger partial charge < -0.3 is 10.8 Å². The predicted octanol–water partition coefficient (Wildman–Crippen LogP) is 0.550. The predicted molar refractivity (Wildman–Crippen MR) is 50.7 cm³/mol. The van der Waals surface area contributed by atoms with E-state index < -0.39 is 12.0 Å². The molecule has 0 spiro atoms. The van der Waals surface area contributed by atoms with Crippen molar-refractivity contribution in [2.45, 2.75) is 25.4 Å². The van der Waals surface area contributed by atoms with E-state index in [4.69, 9.17) is 5.73 Å². The third-order valence-electron chi connectivity index (χ3n) is 2.50. The lowest BCUT2D eigenvalue weighted by molar-refractivity contribution is 0.0993. The monoisotopic (exact) mass is 192 g/mol. The maximum atomic E-state index is 10.9. The van der Waals surface area contributed by atoms with Crippen LogP contribution < -0.4 is 5.73 Å². The number of carbonyl (C=O) groups excluding carboxylic acids is 1. The average molecular weight is 192 g/mol. The topological polar surface area (TPSA) is 76.2 Å². The van der Waals surface area contributed by atoms with E-state index >= 15 is 0 Å². The number of amides is 1. The zero-order chi connectivity index (χ0) is 10.1. The van der Waals surface area contributed by atoms with Crippen molar-refractivity contribution in [3.8, 4) is 0 Å². The Labute approximate surface area is 81.8 Å². The molecule has 0 aromatic carbocycles. The van der Waals surface area contributed by atoms with Crippen LogP contribution in [0.5, 0.6) is 0 Å². The quantitative estimate of drug-likeness (QED) is 0.682. The van der Waals surface area contributed by atoms with E-state index in [2.05, 4.69) is 4.98 Å². The second-order valence-corrected chi connectivity index (χ2v) is 3.51. The maximum Gasteiger partial charge on any atom is 0.267 e. The van der Waals surface area contributed by atoms with Crippen molar-refractivity contribution < 1.29 is 9.90 Å². The minimum absolute atomic E-state index is 0.227. The molecular formula is C10H12N2O2. The van der Waals surface area contributed by atoms with Crippen LogP contribution in [0.4, 0.5) is 0 Å². The van der Waals surface area contributed by atoms with E-state index in [1.54, 1.807) is 6.07 Å². The van der Waals surface area contributed by atoms with Gasteiger partial charge in [0.25, 0.3) is 5.91 Å². The summed E-state index contributed by atoms with van der Waals surface area (Å²) < 4.78 is 0. The number of carbonyl (C=O) groups is 1. The van der Waals surface area contributed by atoms with Crippen molar-refractivity contribution in [2.24, 2.45) is 5.73 Å². The molecule has 3 N–H and O–H groups in total. The van der Waals surface area contributed by atoms with Crippen molar-refractivity contribution in [1.82, 2.24) is 4.98 Å². The zero-order valence-corrected chi connectivity index (χ0v) is 7.73. The van der Waals surface area contributed by atoms with Crippen LogP contribution >= 0.6 is 0 Å². The van der Waals surface area contributed by atoms with Gasteiger partial charge in [-0.25, -0.2) is 4.98 Å². The van der Waals surface area contributed by atoms with Gasteiger partial charge in [-0.15, -0.1) is 0 Å². The number of rotatable bonds is 1. The minimum Gasteiger partial charge on any atom is -0.387 e. The van der Waals surface area contributed by atoms with Crippen molar-refractivity contribution in [3.05, 3.63) is 29.1 Å². The fraction of sp³-hybridized carbons (Fsp3) is 0.400. The first-order valence-electron chi connectivity index (χ1n) is 4.66. The van der Waals surface area contributed by atoms with Gasteiger partial charge >= 0.3 is 0 Å². The first-order chi connectivity index (χ1) is 6.68. The molecule has 0 bridgehead atoms. The number of hydrogen-bond acceptors (Lipinski definition) is 3. The molecule has 1 aliphatic carbocycles. The summed E-state index contributed by atoms with van der Waals surface area (Å²) in [5.74, 6) is -0.550. The maximum absolute atomic E-state index is 10.9. The van der Waals surface area contributed by atoms with Gasteiger partial charge in [0.2, 0.25) is 0 Å². The Morgan fingerprint density at radius 3 is 3.07 bits per heavy atom. The number of fused-ring (bicyclic) bond motifs is 1. The van der Waals surface area contributed by atoms with E-state index in [1.165, 1.54) is 0 Å². The molecule has 4 nitrogen and oxygen atoms in total. The summed E-state index contributed by atoms with van der Waals surface area (Å²) in [6.07, 6.45) is 2.05. The van der Waals surface area contributed by atoms with E-state index in [-0.39, 0.29) is 5.69 Å². The number of aliphatic hydroxyl groups is 1. The Kier molecular flexibility index (Phi) is 2.21. The van der Waals surface area contributed by atoms with Crippen molar-refractivity contribution in [1.29, 1.82) is 0 Å². The molecule has 0 aliphatic heterocycles. The third-order valence-corrected chi connectivity index (χ3v) is 2.50. The highest BCUT2D eigenvalue weighted by molar-refractivity contribution is 5.90. The third kappa shape index (κ3) is 1.48. The van der Waals surface area contributed by atoms with Crippen LogP contribution in [0.1, 0.15) is 40.7 Å². The van der Waals surface area contributed by atoms with E-state index in [1.807, 2.05) is 6.07 Å². The molecular weight excluding hydrogens is 180 g/mol. The lowest BCUT2D eigenvalue weighted by atomic mass is 9.93. The highest BCUT2D eigenvalue weighted by Gasteiger charge is 2.20. The number of hydrogen-bond donors (Lipinski definition) is 2. The van der Waals surface area contributed by atoms with Gasteiger partial charge in [-0.2, -0.15) is 0 Å². The number of aryl methyl sites for hydroxylation is 1. The van der Waals surface area contributed by atoms with Crippen LogP contribution in [0.2, 0.25) is 0 Å². The van der Waals surface area contributed by atoms with Crippen LogP contribution in [0.3, 0.4) is 0 Å². The standard InChI is InChI=1S/C10H12N2O2/c11-10(14)7-5-4-6-2-1-3-8(13)9(6)12-7/h4-5,8,13H,1-3H2,(H2,11,14). The molecule has 4 heteroatoms. The number of primary amides is 1. The van der Waals surface area contributed by atoms with Gasteiger partial charge in [0, 0.05) is 0 Å². The summed E-state index contributed by atoms with van der Waals surface area (Å²) in [6.45, 7) is 0. The highest BCUT2D eigenvalue weighted by atomic mass is 16.3. The Morgan fingerprint density at radius 1 is 1.57 bits per heavy atom. The molecule has 1 aliphatic rings. The molecule has 1 heterocycles. The molecule has 0 fully saturated rings. The van der Waals surface area contributed by atoms with E-state index in [9.17, 15) is 9.90 Å². The summed E-state index contributed by atoms with van der Waals surface area (Å²) in [7, 11) is 0. The Hall–Kier alpha value is -1.42. The van der Waals surface area contributed by atoms with E-state index in [0.717, 1.165) is 18.4 Å². The fourth-order valence-electron chi connectivity index (χ4n) is 1.76. The van der Waals surface area contributed by atoms with Crippen LogP contribution in [0.25, 0.3) is 0 Å². The van der Waals surface area contributed by atoms with Crippen molar-refractivity contribution in [2.75, 3.05) is 0 Å². The molecule has 0 radical (unpaired) electrons. The molecule has 0 saturated carbocycles. The SMILES string of the molecule is NC(=O)c1ccc2c(n1)C(O)CCC2. The van der Waals surface area contributed by atoms with Crippen LogP contribution in [-0.4, -0.2) is 16.0 Å². The highest BCUT2D eigenvalue weighted by Crippen LogP contribution is 2.27. The smallest absolute Gasteiger partial charge is 0.267 e. The number of aliphatic hydroxyl groups excluding tert-OH is 1. The normalized spacial score (nSPS) is 20.2. The van der Waals surface area contributed by atoms with Crippen LogP contribution in [0.15, 0.2) is 12.1 Å². The summed E-state index contributed by atoms with van der Waals surface area (Å²) in [4.78, 5) is 14.9. The molecule has 14 heavy (non-hydrogen) atoms. The van der Waals surface area contributed by atoms with Gasteiger partial charge in [-0.1, -0.05) is 6.07 Å². The van der Waals surface area contributed by atoms with E-state index in [0.29, 0.717) is 12.1 Å². The Bertz CT molecular complexity index is 376. The summed E-state index contributed by atoms with van der Waals surface area (Å²) in [6, 6.07) is 3.43. The number of pyridine rings is 1. The first kappa shape index (κ1) is 9.15. The fourth-order valence-corrected chi connectivity index (χ4v) is 1.76.